The lowest BCUT2D eigenvalue weighted by Gasteiger charge is -2.13. The van der Waals surface area contributed by atoms with E-state index in [2.05, 4.69) is 19.9 Å². The average molecular weight is 307 g/mol. The van der Waals surface area contributed by atoms with Crippen molar-refractivity contribution in [3.63, 3.8) is 0 Å². The molecule has 0 bridgehead atoms. The number of ether oxygens (including phenoxy) is 2. The summed E-state index contributed by atoms with van der Waals surface area (Å²) in [5.74, 6) is -2.05. The van der Waals surface area contributed by atoms with Gasteiger partial charge in [-0.1, -0.05) is 0 Å². The minimum Gasteiger partial charge on any atom is -0.465 e. The Morgan fingerprint density at radius 2 is 1.95 bits per heavy atom. The summed E-state index contributed by atoms with van der Waals surface area (Å²) < 4.78 is 46.7. The van der Waals surface area contributed by atoms with Gasteiger partial charge < -0.3 is 9.47 Å². The summed E-state index contributed by atoms with van der Waals surface area (Å²) in [6, 6.07) is 1.53. The Bertz CT molecular complexity index is 534. The summed E-state index contributed by atoms with van der Waals surface area (Å²) in [5.41, 5.74) is 2.70. The second kappa shape index (κ2) is 6.88. The molecule has 0 radical (unpaired) electrons. The molecule has 0 unspecified atom stereocenters. The number of pyridine rings is 1. The van der Waals surface area contributed by atoms with Gasteiger partial charge in [-0.15, -0.1) is 0 Å². The molecule has 0 saturated heterocycles. The SMILES string of the molecule is COCC(=O)NNc1nc(C(F)(F)F)ccc1C(=O)OC. The van der Waals surface area contributed by atoms with E-state index in [1.54, 1.807) is 0 Å². The zero-order valence-electron chi connectivity index (χ0n) is 11.1. The number of halogens is 3. The van der Waals surface area contributed by atoms with E-state index in [0.29, 0.717) is 6.07 Å². The Morgan fingerprint density at radius 3 is 2.48 bits per heavy atom. The van der Waals surface area contributed by atoms with Crippen molar-refractivity contribution in [2.45, 2.75) is 6.18 Å². The van der Waals surface area contributed by atoms with Crippen LogP contribution in [0.25, 0.3) is 0 Å². The van der Waals surface area contributed by atoms with Gasteiger partial charge in [0, 0.05) is 7.11 Å². The number of carbonyl (C=O) groups excluding carboxylic acids is 2. The molecule has 0 spiro atoms. The predicted molar refractivity (Wildman–Crippen MR) is 64.2 cm³/mol. The number of anilines is 1. The maximum atomic E-state index is 12.6. The highest BCUT2D eigenvalue weighted by atomic mass is 19.4. The lowest BCUT2D eigenvalue weighted by molar-refractivity contribution is -0.141. The van der Waals surface area contributed by atoms with Crippen LogP contribution >= 0.6 is 0 Å². The lowest BCUT2D eigenvalue weighted by Crippen LogP contribution is -2.33. The number of carbonyl (C=O) groups is 2. The van der Waals surface area contributed by atoms with Crippen LogP contribution in [0.15, 0.2) is 12.1 Å². The Labute approximate surface area is 117 Å². The first-order chi connectivity index (χ1) is 9.79. The summed E-state index contributed by atoms with van der Waals surface area (Å²) in [4.78, 5) is 25.9. The maximum absolute atomic E-state index is 12.6. The van der Waals surface area contributed by atoms with E-state index in [-0.39, 0.29) is 12.2 Å². The third-order valence-corrected chi connectivity index (χ3v) is 2.19. The fraction of sp³-hybridized carbons (Fsp3) is 0.364. The van der Waals surface area contributed by atoms with Gasteiger partial charge in [0.05, 0.1) is 7.11 Å². The fourth-order valence-electron chi connectivity index (χ4n) is 1.28. The molecule has 1 aromatic heterocycles. The van der Waals surface area contributed by atoms with Crippen molar-refractivity contribution in [1.29, 1.82) is 0 Å². The van der Waals surface area contributed by atoms with Gasteiger partial charge in [0.15, 0.2) is 5.82 Å². The summed E-state index contributed by atoms with van der Waals surface area (Å²) in [7, 11) is 2.33. The number of rotatable bonds is 5. The quantitative estimate of drug-likeness (QED) is 0.622. The molecule has 1 rings (SSSR count). The van der Waals surface area contributed by atoms with E-state index in [4.69, 9.17) is 0 Å². The number of hydrogen-bond donors (Lipinski definition) is 2. The van der Waals surface area contributed by atoms with E-state index < -0.39 is 29.6 Å². The van der Waals surface area contributed by atoms with E-state index in [0.717, 1.165) is 13.2 Å². The van der Waals surface area contributed by atoms with Gasteiger partial charge in [-0.3, -0.25) is 15.6 Å². The summed E-state index contributed by atoms with van der Waals surface area (Å²) in [5, 5.41) is 0. The number of alkyl halides is 3. The van der Waals surface area contributed by atoms with Gasteiger partial charge in [0.25, 0.3) is 5.91 Å². The van der Waals surface area contributed by atoms with E-state index in [9.17, 15) is 22.8 Å². The predicted octanol–water partition coefficient (Wildman–Crippen LogP) is 0.977. The van der Waals surface area contributed by atoms with Crippen molar-refractivity contribution >= 4 is 17.7 Å². The zero-order chi connectivity index (χ0) is 16.0. The van der Waals surface area contributed by atoms with E-state index >= 15 is 0 Å². The highest BCUT2D eigenvalue weighted by Crippen LogP contribution is 2.29. The Balaban J connectivity index is 3.05. The van der Waals surface area contributed by atoms with Crippen LogP contribution in [-0.4, -0.2) is 37.7 Å². The third-order valence-electron chi connectivity index (χ3n) is 2.19. The molecule has 1 heterocycles. The number of amides is 1. The highest BCUT2D eigenvalue weighted by molar-refractivity contribution is 5.95. The first kappa shape index (κ1) is 16.7. The molecule has 1 amide bonds. The molecule has 10 heteroatoms. The molecule has 1 aromatic rings. The maximum Gasteiger partial charge on any atom is 0.433 e. The summed E-state index contributed by atoms with van der Waals surface area (Å²) >= 11 is 0. The topological polar surface area (TPSA) is 89.5 Å². The molecule has 0 saturated carbocycles. The molecule has 0 aliphatic rings. The average Bonchev–Trinajstić information content (AvgIpc) is 2.43. The number of nitrogens with zero attached hydrogens (tertiary/aromatic N) is 1. The largest absolute Gasteiger partial charge is 0.465 e. The first-order valence-corrected chi connectivity index (χ1v) is 5.50. The van der Waals surface area contributed by atoms with Crippen LogP contribution in [0.4, 0.5) is 19.0 Å². The Kier molecular flexibility index (Phi) is 5.47. The number of hydrazine groups is 1. The van der Waals surface area contributed by atoms with Crippen molar-refractivity contribution < 1.29 is 32.2 Å². The third kappa shape index (κ3) is 4.60. The minimum absolute atomic E-state index is 0.261. The van der Waals surface area contributed by atoms with Gasteiger partial charge in [0.2, 0.25) is 0 Å². The summed E-state index contributed by atoms with van der Waals surface area (Å²) in [6.07, 6.45) is -4.69. The number of aromatic nitrogens is 1. The standard InChI is InChI=1S/C11H12F3N3O4/c1-20-5-8(18)16-17-9-6(10(19)21-2)3-4-7(15-9)11(12,13)14/h3-4H,5H2,1-2H3,(H,15,17)(H,16,18). The second-order valence-electron chi connectivity index (χ2n) is 3.69. The molecule has 0 aliphatic heterocycles. The molecule has 0 aliphatic carbocycles. The van der Waals surface area contributed by atoms with Gasteiger partial charge >= 0.3 is 12.1 Å². The Morgan fingerprint density at radius 1 is 1.29 bits per heavy atom. The van der Waals surface area contributed by atoms with Crippen LogP contribution in [0, 0.1) is 0 Å². The van der Waals surface area contributed by atoms with E-state index in [1.165, 1.54) is 7.11 Å². The molecule has 0 aromatic carbocycles. The number of nitrogens with one attached hydrogen (secondary N) is 2. The van der Waals surface area contributed by atoms with Crippen LogP contribution in [0.5, 0.6) is 0 Å². The summed E-state index contributed by atoms with van der Waals surface area (Å²) in [6.45, 7) is -0.320. The van der Waals surface area contributed by atoms with Gasteiger partial charge in [0.1, 0.15) is 17.9 Å². The fourth-order valence-corrected chi connectivity index (χ4v) is 1.28. The molecular formula is C11H12F3N3O4. The molecule has 21 heavy (non-hydrogen) atoms. The van der Waals surface area contributed by atoms with Crippen LogP contribution in [-0.2, 0) is 20.4 Å². The van der Waals surface area contributed by atoms with Crippen LogP contribution in [0.3, 0.4) is 0 Å². The van der Waals surface area contributed by atoms with Crippen molar-refractivity contribution in [1.82, 2.24) is 10.4 Å². The van der Waals surface area contributed by atoms with Crippen LogP contribution < -0.4 is 10.9 Å². The van der Waals surface area contributed by atoms with Crippen molar-refractivity contribution in [3.05, 3.63) is 23.4 Å². The highest BCUT2D eigenvalue weighted by Gasteiger charge is 2.33. The zero-order valence-corrected chi connectivity index (χ0v) is 11.1. The van der Waals surface area contributed by atoms with Gasteiger partial charge in [-0.05, 0) is 12.1 Å². The van der Waals surface area contributed by atoms with Crippen molar-refractivity contribution in [2.75, 3.05) is 26.3 Å². The number of hydrogen-bond acceptors (Lipinski definition) is 6. The normalized spacial score (nSPS) is 10.9. The first-order valence-electron chi connectivity index (χ1n) is 5.50. The van der Waals surface area contributed by atoms with Crippen LogP contribution in [0.1, 0.15) is 16.1 Å². The minimum atomic E-state index is -4.69. The monoisotopic (exact) mass is 307 g/mol. The molecular weight excluding hydrogens is 295 g/mol. The van der Waals surface area contributed by atoms with E-state index in [1.807, 2.05) is 5.43 Å². The number of esters is 1. The molecule has 0 fully saturated rings. The van der Waals surface area contributed by atoms with Gasteiger partial charge in [-0.25, -0.2) is 9.78 Å². The molecule has 2 N–H and O–H groups in total. The smallest absolute Gasteiger partial charge is 0.433 e. The van der Waals surface area contributed by atoms with Crippen molar-refractivity contribution in [3.8, 4) is 0 Å². The molecule has 0 atom stereocenters. The van der Waals surface area contributed by atoms with Crippen LogP contribution in [0.2, 0.25) is 0 Å². The number of methoxy groups -OCH3 is 2. The molecule has 116 valence electrons. The Hall–Kier alpha value is -2.36. The molecule has 7 nitrogen and oxygen atoms in total. The van der Waals surface area contributed by atoms with Crippen molar-refractivity contribution in [2.24, 2.45) is 0 Å². The lowest BCUT2D eigenvalue weighted by atomic mass is 10.2. The second-order valence-corrected chi connectivity index (χ2v) is 3.69. The van der Waals surface area contributed by atoms with Gasteiger partial charge in [-0.2, -0.15) is 13.2 Å².